The second-order valence-corrected chi connectivity index (χ2v) is 4.77. The Morgan fingerprint density at radius 2 is 2.17 bits per heavy atom. The summed E-state index contributed by atoms with van der Waals surface area (Å²) >= 11 is 7.54. The quantitative estimate of drug-likeness (QED) is 0.870. The molecule has 1 N–H and O–H groups in total. The predicted molar refractivity (Wildman–Crippen MR) is 75.4 cm³/mol. The van der Waals surface area contributed by atoms with Crippen LogP contribution in [0.5, 0.6) is 0 Å². The standard InChI is InChI=1S/C13H11ClN2OS/c1-18-12-8-9(5-6-10(12)14)16-13(17)11-4-2-3-7-15-11/h2-8H,1H3,(H,16,17)/i1-1. The summed E-state index contributed by atoms with van der Waals surface area (Å²) in [6, 6.07) is 10.6. The number of halogens is 1. The minimum Gasteiger partial charge on any atom is -0.321 e. The van der Waals surface area contributed by atoms with Gasteiger partial charge in [0.25, 0.3) is 5.91 Å². The summed E-state index contributed by atoms with van der Waals surface area (Å²) in [6.07, 6.45) is 3.52. The zero-order valence-electron chi connectivity index (χ0n) is 9.68. The summed E-state index contributed by atoms with van der Waals surface area (Å²) in [5.41, 5.74) is 1.09. The average molecular weight is 278 g/mol. The first-order valence-electron chi connectivity index (χ1n) is 5.26. The van der Waals surface area contributed by atoms with E-state index in [2.05, 4.69) is 10.3 Å². The molecule has 18 heavy (non-hydrogen) atoms. The second kappa shape index (κ2) is 5.89. The SMILES string of the molecule is [11CH3]Sc1cc(NC(=O)c2ccccn2)ccc1Cl. The van der Waals surface area contributed by atoms with Gasteiger partial charge in [0.2, 0.25) is 0 Å². The van der Waals surface area contributed by atoms with Gasteiger partial charge in [0.05, 0.1) is 5.02 Å². The highest BCUT2D eigenvalue weighted by Gasteiger charge is 2.08. The molecule has 92 valence electrons. The fourth-order valence-electron chi connectivity index (χ4n) is 1.43. The second-order valence-electron chi connectivity index (χ2n) is 3.52. The number of hydrogen-bond acceptors (Lipinski definition) is 3. The fourth-order valence-corrected chi connectivity index (χ4v) is 2.29. The van der Waals surface area contributed by atoms with E-state index >= 15 is 0 Å². The normalized spacial score (nSPS) is 10.1. The lowest BCUT2D eigenvalue weighted by Gasteiger charge is -2.07. The maximum Gasteiger partial charge on any atom is 0.274 e. The van der Waals surface area contributed by atoms with Crippen molar-refractivity contribution in [2.75, 3.05) is 11.6 Å². The lowest BCUT2D eigenvalue weighted by molar-refractivity contribution is 0.102. The van der Waals surface area contributed by atoms with E-state index < -0.39 is 0 Å². The molecule has 0 aliphatic heterocycles. The Kier molecular flexibility index (Phi) is 4.23. The van der Waals surface area contributed by atoms with E-state index in [9.17, 15) is 4.79 Å². The van der Waals surface area contributed by atoms with Crippen LogP contribution in [0.2, 0.25) is 5.02 Å². The molecule has 0 atom stereocenters. The van der Waals surface area contributed by atoms with Gasteiger partial charge in [-0.15, -0.1) is 11.8 Å². The van der Waals surface area contributed by atoms with E-state index in [1.807, 2.05) is 12.3 Å². The Hall–Kier alpha value is -1.52. The molecule has 0 bridgehead atoms. The van der Waals surface area contributed by atoms with Crippen LogP contribution in [0.4, 0.5) is 5.69 Å². The minimum atomic E-state index is -0.232. The molecule has 0 unspecified atom stereocenters. The zero-order valence-corrected chi connectivity index (χ0v) is 11.3. The van der Waals surface area contributed by atoms with Gasteiger partial charge >= 0.3 is 0 Å². The van der Waals surface area contributed by atoms with Gasteiger partial charge in [0, 0.05) is 16.8 Å². The number of nitrogens with zero attached hydrogens (tertiary/aromatic N) is 1. The van der Waals surface area contributed by atoms with E-state index in [1.165, 1.54) is 11.8 Å². The van der Waals surface area contributed by atoms with Crippen molar-refractivity contribution in [1.29, 1.82) is 0 Å². The van der Waals surface area contributed by atoms with Crippen molar-refractivity contribution in [2.24, 2.45) is 0 Å². The molecule has 2 aromatic rings. The molecule has 1 aromatic heterocycles. The van der Waals surface area contributed by atoms with Crippen LogP contribution in [0.15, 0.2) is 47.5 Å². The van der Waals surface area contributed by atoms with Crippen LogP contribution in [0.3, 0.4) is 0 Å². The Morgan fingerprint density at radius 3 is 2.83 bits per heavy atom. The third-order valence-electron chi connectivity index (χ3n) is 2.31. The molecular formula is C13H11ClN2OS. The number of carbonyl (C=O) groups is 1. The third-order valence-corrected chi connectivity index (χ3v) is 3.53. The first-order valence-corrected chi connectivity index (χ1v) is 6.87. The topological polar surface area (TPSA) is 42.0 Å². The third kappa shape index (κ3) is 3.03. The van der Waals surface area contributed by atoms with E-state index in [4.69, 9.17) is 11.6 Å². The molecule has 1 heterocycles. The summed E-state index contributed by atoms with van der Waals surface area (Å²) in [6.45, 7) is 0. The highest BCUT2D eigenvalue weighted by Crippen LogP contribution is 2.28. The smallest absolute Gasteiger partial charge is 0.274 e. The van der Waals surface area contributed by atoms with Gasteiger partial charge in [-0.25, -0.2) is 0 Å². The number of pyridine rings is 1. The van der Waals surface area contributed by atoms with Crippen LogP contribution in [0, 0.1) is 0 Å². The van der Waals surface area contributed by atoms with Crippen molar-refractivity contribution in [3.63, 3.8) is 0 Å². The van der Waals surface area contributed by atoms with Crippen molar-refractivity contribution in [1.82, 2.24) is 4.98 Å². The monoisotopic (exact) mass is 277 g/mol. The van der Waals surface area contributed by atoms with Crippen molar-refractivity contribution >= 4 is 35.0 Å². The number of thioether (sulfide) groups is 1. The van der Waals surface area contributed by atoms with E-state index in [0.717, 1.165) is 4.90 Å². The highest BCUT2D eigenvalue weighted by atomic mass is 35.5. The molecule has 5 heteroatoms. The Bertz CT molecular complexity index is 560. The number of benzene rings is 1. The summed E-state index contributed by atoms with van der Waals surface area (Å²) in [4.78, 5) is 16.8. The van der Waals surface area contributed by atoms with Crippen LogP contribution in [0.1, 0.15) is 10.5 Å². The molecule has 3 nitrogen and oxygen atoms in total. The van der Waals surface area contributed by atoms with Crippen LogP contribution in [0.25, 0.3) is 0 Å². The Balaban J connectivity index is 2.17. The summed E-state index contributed by atoms with van der Waals surface area (Å²) in [5, 5.41) is 3.47. The lowest BCUT2D eigenvalue weighted by Crippen LogP contribution is -2.13. The van der Waals surface area contributed by atoms with Gasteiger partial charge < -0.3 is 5.32 Å². The largest absolute Gasteiger partial charge is 0.321 e. The number of aromatic nitrogens is 1. The zero-order chi connectivity index (χ0) is 13.0. The maximum atomic E-state index is 11.9. The first kappa shape index (κ1) is 12.9. The molecule has 0 saturated heterocycles. The minimum absolute atomic E-state index is 0.232. The maximum absolute atomic E-state index is 11.9. The molecule has 2 rings (SSSR count). The number of hydrogen-bond donors (Lipinski definition) is 1. The lowest BCUT2D eigenvalue weighted by atomic mass is 10.3. The number of amides is 1. The molecule has 0 fully saturated rings. The van der Waals surface area contributed by atoms with E-state index in [1.54, 1.807) is 36.5 Å². The molecule has 1 aromatic carbocycles. The number of nitrogens with one attached hydrogen (secondary N) is 1. The van der Waals surface area contributed by atoms with Crippen molar-refractivity contribution in [2.45, 2.75) is 4.90 Å². The summed E-state index contributed by atoms with van der Waals surface area (Å²) < 4.78 is 0. The van der Waals surface area contributed by atoms with Crippen LogP contribution in [-0.4, -0.2) is 17.1 Å². The first-order chi connectivity index (χ1) is 8.70. The molecule has 0 saturated carbocycles. The number of anilines is 1. The van der Waals surface area contributed by atoms with Gasteiger partial charge in [-0.2, -0.15) is 0 Å². The number of carbonyl (C=O) groups excluding carboxylic acids is 1. The Labute approximate surface area is 115 Å². The van der Waals surface area contributed by atoms with Gasteiger partial charge in [-0.3, -0.25) is 9.78 Å². The van der Waals surface area contributed by atoms with Crippen LogP contribution < -0.4 is 5.32 Å². The molecule has 0 spiro atoms. The summed E-state index contributed by atoms with van der Waals surface area (Å²) in [5.74, 6) is -0.232. The molecule has 1 amide bonds. The van der Waals surface area contributed by atoms with Crippen LogP contribution >= 0.6 is 23.4 Å². The van der Waals surface area contributed by atoms with Gasteiger partial charge in [-0.05, 0) is 36.6 Å². The van der Waals surface area contributed by atoms with Crippen molar-refractivity contribution < 1.29 is 4.79 Å². The van der Waals surface area contributed by atoms with E-state index in [0.29, 0.717) is 16.4 Å². The average Bonchev–Trinajstić information content (AvgIpc) is 2.42. The predicted octanol–water partition coefficient (Wildman–Crippen LogP) is 3.71. The van der Waals surface area contributed by atoms with Gasteiger partial charge in [0.1, 0.15) is 5.69 Å². The number of rotatable bonds is 3. The molecular weight excluding hydrogens is 267 g/mol. The van der Waals surface area contributed by atoms with Crippen molar-refractivity contribution in [3.8, 4) is 0 Å². The summed E-state index contributed by atoms with van der Waals surface area (Å²) in [7, 11) is 0. The molecule has 0 aliphatic carbocycles. The Morgan fingerprint density at radius 1 is 1.33 bits per heavy atom. The van der Waals surface area contributed by atoms with Crippen molar-refractivity contribution in [3.05, 3.63) is 53.3 Å². The van der Waals surface area contributed by atoms with Gasteiger partial charge in [0.15, 0.2) is 0 Å². The highest BCUT2D eigenvalue weighted by molar-refractivity contribution is 7.98. The fraction of sp³-hybridized carbons (Fsp3) is 0.0769. The molecule has 0 radical (unpaired) electrons. The van der Waals surface area contributed by atoms with E-state index in [-0.39, 0.29) is 5.91 Å². The van der Waals surface area contributed by atoms with Gasteiger partial charge in [-0.1, -0.05) is 17.7 Å². The molecule has 0 aliphatic rings. The van der Waals surface area contributed by atoms with Crippen LogP contribution in [-0.2, 0) is 0 Å².